The summed E-state index contributed by atoms with van der Waals surface area (Å²) in [5, 5.41) is 3.55. The van der Waals surface area contributed by atoms with Crippen LogP contribution in [0.25, 0.3) is 0 Å². The van der Waals surface area contributed by atoms with Crippen molar-refractivity contribution >= 4 is 0 Å². The highest BCUT2D eigenvalue weighted by atomic mass is 16.5. The molecule has 2 rings (SSSR count). The Balaban J connectivity index is 1.83. The molecule has 1 N–H and O–H groups in total. The third-order valence-electron chi connectivity index (χ3n) is 4.53. The Morgan fingerprint density at radius 1 is 0.846 bits per heavy atom. The summed E-state index contributed by atoms with van der Waals surface area (Å²) in [7, 11) is 1.69. The monoisotopic (exact) mass is 355 g/mol. The van der Waals surface area contributed by atoms with Gasteiger partial charge in [0.05, 0.1) is 7.11 Å². The van der Waals surface area contributed by atoms with E-state index in [9.17, 15) is 0 Å². The third kappa shape index (κ3) is 7.09. The van der Waals surface area contributed by atoms with Crippen molar-refractivity contribution < 1.29 is 9.47 Å². The number of hydrogen-bond acceptors (Lipinski definition) is 3. The van der Waals surface area contributed by atoms with Gasteiger partial charge in [0.1, 0.15) is 6.61 Å². The molecule has 0 unspecified atom stereocenters. The van der Waals surface area contributed by atoms with Crippen LogP contribution in [-0.2, 0) is 13.2 Å². The molecule has 142 valence electrons. The van der Waals surface area contributed by atoms with E-state index >= 15 is 0 Å². The first-order valence-corrected chi connectivity index (χ1v) is 9.88. The van der Waals surface area contributed by atoms with Gasteiger partial charge >= 0.3 is 0 Å². The van der Waals surface area contributed by atoms with Gasteiger partial charge in [0, 0.05) is 12.1 Å². The summed E-state index contributed by atoms with van der Waals surface area (Å²) in [6.07, 6.45) is 7.92. The van der Waals surface area contributed by atoms with Crippen LogP contribution in [0.4, 0.5) is 0 Å². The highest BCUT2D eigenvalue weighted by Crippen LogP contribution is 2.31. The minimum absolute atomic E-state index is 0.547. The lowest BCUT2D eigenvalue weighted by Crippen LogP contribution is -2.15. The molecule has 0 amide bonds. The number of benzene rings is 2. The minimum Gasteiger partial charge on any atom is -0.493 e. The van der Waals surface area contributed by atoms with Gasteiger partial charge in [-0.25, -0.2) is 0 Å². The first-order valence-electron chi connectivity index (χ1n) is 9.88. The van der Waals surface area contributed by atoms with Crippen LogP contribution in [0, 0.1) is 0 Å². The molecule has 0 bridgehead atoms. The Morgan fingerprint density at radius 3 is 2.38 bits per heavy atom. The maximum Gasteiger partial charge on any atom is 0.166 e. The molecule has 0 aliphatic heterocycles. The van der Waals surface area contributed by atoms with Crippen molar-refractivity contribution in [3.8, 4) is 11.5 Å². The molecule has 0 atom stereocenters. The third-order valence-corrected chi connectivity index (χ3v) is 4.53. The van der Waals surface area contributed by atoms with Gasteiger partial charge in [0.2, 0.25) is 0 Å². The van der Waals surface area contributed by atoms with Crippen molar-refractivity contribution in [2.45, 2.75) is 58.6 Å². The number of ether oxygens (including phenoxy) is 2. The van der Waals surface area contributed by atoms with Crippen molar-refractivity contribution in [1.82, 2.24) is 5.32 Å². The number of para-hydroxylation sites is 1. The predicted molar refractivity (Wildman–Crippen MR) is 109 cm³/mol. The molecule has 0 saturated heterocycles. The van der Waals surface area contributed by atoms with Crippen molar-refractivity contribution in [3.63, 3.8) is 0 Å². The van der Waals surface area contributed by atoms with E-state index in [1.54, 1.807) is 7.11 Å². The molecule has 0 radical (unpaired) electrons. The lowest BCUT2D eigenvalue weighted by Gasteiger charge is -2.15. The van der Waals surface area contributed by atoms with Gasteiger partial charge in [-0.3, -0.25) is 0 Å². The van der Waals surface area contributed by atoms with Crippen molar-refractivity contribution in [2.24, 2.45) is 0 Å². The summed E-state index contributed by atoms with van der Waals surface area (Å²) in [5.74, 6) is 1.63. The van der Waals surface area contributed by atoms with Crippen molar-refractivity contribution in [3.05, 3.63) is 59.7 Å². The minimum atomic E-state index is 0.547. The molecule has 0 heterocycles. The van der Waals surface area contributed by atoms with Crippen LogP contribution in [0.15, 0.2) is 48.5 Å². The van der Waals surface area contributed by atoms with Crippen LogP contribution in [-0.4, -0.2) is 13.7 Å². The van der Waals surface area contributed by atoms with E-state index in [0.29, 0.717) is 6.61 Å². The molecule has 0 aromatic heterocycles. The number of nitrogens with one attached hydrogen (secondary N) is 1. The summed E-state index contributed by atoms with van der Waals surface area (Å²) in [6, 6.07) is 16.3. The van der Waals surface area contributed by atoms with Crippen molar-refractivity contribution in [2.75, 3.05) is 13.7 Å². The van der Waals surface area contributed by atoms with Crippen LogP contribution in [0.1, 0.15) is 56.6 Å². The van der Waals surface area contributed by atoms with Crippen LogP contribution < -0.4 is 14.8 Å². The highest BCUT2D eigenvalue weighted by molar-refractivity contribution is 5.46. The highest BCUT2D eigenvalue weighted by Gasteiger charge is 2.10. The molecule has 2 aromatic rings. The Hall–Kier alpha value is -2.00. The topological polar surface area (TPSA) is 30.5 Å². The second kappa shape index (κ2) is 12.4. The van der Waals surface area contributed by atoms with Crippen LogP contribution in [0.3, 0.4) is 0 Å². The average Bonchev–Trinajstić information content (AvgIpc) is 2.69. The smallest absolute Gasteiger partial charge is 0.166 e. The van der Waals surface area contributed by atoms with E-state index in [0.717, 1.165) is 35.7 Å². The van der Waals surface area contributed by atoms with E-state index in [-0.39, 0.29) is 0 Å². The summed E-state index contributed by atoms with van der Waals surface area (Å²) >= 11 is 0. The van der Waals surface area contributed by atoms with E-state index in [2.05, 4.69) is 30.4 Å². The largest absolute Gasteiger partial charge is 0.493 e. The zero-order valence-electron chi connectivity index (χ0n) is 16.3. The Labute approximate surface area is 158 Å². The maximum absolute atomic E-state index is 6.10. The van der Waals surface area contributed by atoms with E-state index in [4.69, 9.17) is 9.47 Å². The second-order valence-corrected chi connectivity index (χ2v) is 6.67. The van der Waals surface area contributed by atoms with Gasteiger partial charge < -0.3 is 14.8 Å². The lowest BCUT2D eigenvalue weighted by atomic mass is 10.1. The quantitative estimate of drug-likeness (QED) is 0.466. The summed E-state index contributed by atoms with van der Waals surface area (Å²) in [4.78, 5) is 0. The molecule has 0 aliphatic carbocycles. The van der Waals surface area contributed by atoms with Gasteiger partial charge in [-0.15, -0.1) is 0 Å². The molecular formula is C23H33NO2. The number of hydrogen-bond donors (Lipinski definition) is 1. The van der Waals surface area contributed by atoms with Crippen LogP contribution in [0.5, 0.6) is 11.5 Å². The van der Waals surface area contributed by atoms with Gasteiger partial charge in [0.15, 0.2) is 11.5 Å². The number of unbranched alkanes of at least 4 members (excludes halogenated alkanes) is 5. The second-order valence-electron chi connectivity index (χ2n) is 6.67. The first-order chi connectivity index (χ1) is 12.8. The molecule has 2 aromatic carbocycles. The van der Waals surface area contributed by atoms with Crippen LogP contribution >= 0.6 is 0 Å². The lowest BCUT2D eigenvalue weighted by molar-refractivity contribution is 0.280. The zero-order chi connectivity index (χ0) is 18.5. The maximum atomic E-state index is 6.10. The average molecular weight is 356 g/mol. The fourth-order valence-corrected chi connectivity index (χ4v) is 3.01. The normalized spacial score (nSPS) is 10.7. The molecule has 3 heteroatoms. The summed E-state index contributed by atoms with van der Waals surface area (Å²) in [6.45, 7) is 4.65. The fraction of sp³-hybridized carbons (Fsp3) is 0.478. The molecule has 0 aliphatic rings. The number of rotatable bonds is 13. The molecule has 0 saturated carbocycles. The zero-order valence-corrected chi connectivity index (χ0v) is 16.3. The van der Waals surface area contributed by atoms with Crippen molar-refractivity contribution in [1.29, 1.82) is 0 Å². The fourth-order valence-electron chi connectivity index (χ4n) is 3.01. The van der Waals surface area contributed by atoms with Gasteiger partial charge in [-0.2, -0.15) is 0 Å². The molecular weight excluding hydrogens is 322 g/mol. The first kappa shape index (κ1) is 20.3. The standard InChI is InChI=1S/C23H33NO2/c1-3-4-5-6-7-11-17-24-18-21-15-12-16-22(25-2)23(21)26-19-20-13-9-8-10-14-20/h8-10,12-16,24H,3-7,11,17-19H2,1-2H3. The van der Waals surface area contributed by atoms with Gasteiger partial charge in [-0.1, -0.05) is 81.5 Å². The molecule has 0 fully saturated rings. The molecule has 0 spiro atoms. The van der Waals surface area contributed by atoms with Crippen LogP contribution in [0.2, 0.25) is 0 Å². The SMILES string of the molecule is CCCCCCCCNCc1cccc(OC)c1OCc1ccccc1. The van der Waals surface area contributed by atoms with E-state index in [1.807, 2.05) is 30.3 Å². The predicted octanol–water partition coefficient (Wildman–Crippen LogP) is 5.72. The Bertz CT molecular complexity index is 613. The summed E-state index contributed by atoms with van der Waals surface area (Å²) in [5.41, 5.74) is 2.30. The van der Waals surface area contributed by atoms with Gasteiger partial charge in [0.25, 0.3) is 0 Å². The number of methoxy groups -OCH3 is 1. The van der Waals surface area contributed by atoms with Gasteiger partial charge in [-0.05, 0) is 24.6 Å². The van der Waals surface area contributed by atoms with E-state index in [1.165, 1.54) is 38.5 Å². The Morgan fingerprint density at radius 2 is 1.62 bits per heavy atom. The summed E-state index contributed by atoms with van der Waals surface area (Å²) < 4.78 is 11.6. The molecule has 3 nitrogen and oxygen atoms in total. The molecule has 26 heavy (non-hydrogen) atoms. The van der Waals surface area contributed by atoms with E-state index < -0.39 is 0 Å². The Kier molecular flexibility index (Phi) is 9.66.